The Morgan fingerprint density at radius 1 is 1.61 bits per heavy atom. The van der Waals surface area contributed by atoms with E-state index < -0.39 is 11.6 Å². The van der Waals surface area contributed by atoms with Crippen LogP contribution in [0.1, 0.15) is 44.6 Å². The number of aliphatic carboxylic acids is 1. The van der Waals surface area contributed by atoms with E-state index in [0.29, 0.717) is 10.7 Å². The zero-order valence-electron chi connectivity index (χ0n) is 11.4. The van der Waals surface area contributed by atoms with Crippen molar-refractivity contribution in [2.24, 2.45) is 7.05 Å². The molecule has 1 rings (SSSR count). The molecule has 2 atom stereocenters. The van der Waals surface area contributed by atoms with Gasteiger partial charge in [-0.25, -0.2) is 9.78 Å². The molecular formula is C12H20N2O3S. The molecule has 102 valence electrons. The van der Waals surface area contributed by atoms with Gasteiger partial charge in [0.15, 0.2) is 0 Å². The molecule has 5 nitrogen and oxygen atoms in total. The Morgan fingerprint density at radius 3 is 2.56 bits per heavy atom. The highest BCUT2D eigenvalue weighted by molar-refractivity contribution is 7.98. The molecule has 0 aromatic carbocycles. The fraction of sp³-hybridized carbons (Fsp3) is 0.667. The van der Waals surface area contributed by atoms with E-state index in [1.165, 1.54) is 18.7 Å². The van der Waals surface area contributed by atoms with E-state index in [1.54, 1.807) is 11.6 Å². The monoisotopic (exact) mass is 272 g/mol. The number of carbonyl (C=O) groups is 1. The lowest BCUT2D eigenvalue weighted by molar-refractivity contribution is -0.158. The summed E-state index contributed by atoms with van der Waals surface area (Å²) in [5.41, 5.74) is -1.58. The second-order valence-electron chi connectivity index (χ2n) is 4.57. The number of nitrogens with zero attached hydrogens (tertiary/aromatic N) is 2. The van der Waals surface area contributed by atoms with Crippen LogP contribution < -0.4 is 0 Å². The van der Waals surface area contributed by atoms with E-state index in [9.17, 15) is 9.90 Å². The normalized spacial score (nSPS) is 16.3. The molecule has 0 fully saturated rings. The lowest BCUT2D eigenvalue weighted by Gasteiger charge is -2.20. The maximum atomic E-state index is 11.2. The van der Waals surface area contributed by atoms with Gasteiger partial charge < -0.3 is 14.8 Å². The van der Waals surface area contributed by atoms with Crippen LogP contribution in [-0.2, 0) is 17.4 Å². The molecule has 0 aliphatic carbocycles. The quantitative estimate of drug-likeness (QED) is 0.801. The van der Waals surface area contributed by atoms with Crippen molar-refractivity contribution in [3.63, 3.8) is 0 Å². The van der Waals surface area contributed by atoms with E-state index in [0.717, 1.165) is 12.2 Å². The fourth-order valence-corrected chi connectivity index (χ4v) is 2.61. The van der Waals surface area contributed by atoms with Crippen molar-refractivity contribution < 1.29 is 15.0 Å². The molecule has 1 aromatic heterocycles. The lowest BCUT2D eigenvalue weighted by atomic mass is 10.0. The van der Waals surface area contributed by atoms with Gasteiger partial charge >= 0.3 is 5.97 Å². The lowest BCUT2D eigenvalue weighted by Crippen LogP contribution is -2.34. The number of hydrogen-bond donors (Lipinski definition) is 2. The summed E-state index contributed by atoms with van der Waals surface area (Å²) in [4.78, 5) is 15.6. The second-order valence-corrected chi connectivity index (χ2v) is 5.37. The summed E-state index contributed by atoms with van der Waals surface area (Å²) < 4.78 is 1.70. The topological polar surface area (TPSA) is 75.3 Å². The van der Waals surface area contributed by atoms with Crippen molar-refractivity contribution in [3.05, 3.63) is 11.5 Å². The summed E-state index contributed by atoms with van der Waals surface area (Å²) >= 11 is 1.35. The Labute approximate surface area is 111 Å². The molecule has 0 radical (unpaired) electrons. The van der Waals surface area contributed by atoms with Gasteiger partial charge in [0, 0.05) is 13.0 Å². The Balaban J connectivity index is 3.44. The summed E-state index contributed by atoms with van der Waals surface area (Å²) in [7, 11) is 1.75. The highest BCUT2D eigenvalue weighted by Gasteiger charge is 2.39. The molecular weight excluding hydrogens is 252 g/mol. The number of carboxylic acid groups (broad SMARTS) is 1. The molecule has 0 saturated heterocycles. The zero-order valence-corrected chi connectivity index (χ0v) is 12.2. The van der Waals surface area contributed by atoms with Crippen molar-refractivity contribution in [2.45, 2.75) is 43.7 Å². The summed E-state index contributed by atoms with van der Waals surface area (Å²) in [6.07, 6.45) is 2.73. The Bertz CT molecular complexity index is 454. The Morgan fingerprint density at radius 2 is 2.17 bits per heavy atom. The molecule has 2 unspecified atom stereocenters. The van der Waals surface area contributed by atoms with Gasteiger partial charge in [-0.1, -0.05) is 13.8 Å². The third-order valence-corrected chi connectivity index (χ3v) is 3.89. The molecule has 1 heterocycles. The van der Waals surface area contributed by atoms with E-state index in [1.807, 2.05) is 20.1 Å². The second kappa shape index (κ2) is 5.32. The molecule has 0 bridgehead atoms. The standard InChI is InChI=1S/C12H20N2O3S/c1-6-7(2)9-13-10(18-5)8(14(9)4)12(3,17)11(15)16/h7,17H,6H2,1-5H3,(H,15,16). The smallest absolute Gasteiger partial charge is 0.341 e. The molecule has 0 aliphatic rings. The predicted molar refractivity (Wildman–Crippen MR) is 70.9 cm³/mol. The van der Waals surface area contributed by atoms with Gasteiger partial charge in [-0.05, 0) is 19.6 Å². The fourth-order valence-electron chi connectivity index (χ4n) is 1.89. The van der Waals surface area contributed by atoms with Crippen LogP contribution in [0, 0.1) is 0 Å². The van der Waals surface area contributed by atoms with Gasteiger partial charge in [0.05, 0.1) is 5.69 Å². The molecule has 0 spiro atoms. The third kappa shape index (κ3) is 2.40. The van der Waals surface area contributed by atoms with Crippen molar-refractivity contribution in [1.29, 1.82) is 0 Å². The van der Waals surface area contributed by atoms with Crippen LogP contribution in [0.4, 0.5) is 0 Å². The zero-order chi connectivity index (χ0) is 14.1. The average Bonchev–Trinajstić information content (AvgIpc) is 2.65. The molecule has 2 N–H and O–H groups in total. The summed E-state index contributed by atoms with van der Waals surface area (Å²) in [5, 5.41) is 19.9. The van der Waals surface area contributed by atoms with Gasteiger partial charge in [0.1, 0.15) is 10.9 Å². The van der Waals surface area contributed by atoms with E-state index in [4.69, 9.17) is 5.11 Å². The number of aliphatic hydroxyl groups is 1. The largest absolute Gasteiger partial charge is 0.479 e. The molecule has 0 saturated carbocycles. The number of hydrogen-bond acceptors (Lipinski definition) is 4. The third-order valence-electron chi connectivity index (χ3n) is 3.22. The van der Waals surface area contributed by atoms with Gasteiger partial charge in [0.25, 0.3) is 0 Å². The van der Waals surface area contributed by atoms with Crippen molar-refractivity contribution in [2.75, 3.05) is 6.26 Å². The van der Waals surface area contributed by atoms with Gasteiger partial charge in [-0.15, -0.1) is 11.8 Å². The predicted octanol–water partition coefficient (Wildman–Crippen LogP) is 1.95. The first-order valence-corrected chi connectivity index (χ1v) is 7.06. The molecule has 0 amide bonds. The van der Waals surface area contributed by atoms with Crippen LogP contribution in [0.15, 0.2) is 5.03 Å². The van der Waals surface area contributed by atoms with E-state index >= 15 is 0 Å². The molecule has 18 heavy (non-hydrogen) atoms. The molecule has 1 aromatic rings. The number of carboxylic acids is 1. The van der Waals surface area contributed by atoms with Crippen LogP contribution in [0.3, 0.4) is 0 Å². The minimum atomic E-state index is -1.92. The molecule has 0 aliphatic heterocycles. The van der Waals surface area contributed by atoms with Crippen LogP contribution in [0.25, 0.3) is 0 Å². The number of rotatable bonds is 5. The summed E-state index contributed by atoms with van der Waals surface area (Å²) in [6, 6.07) is 0. The van der Waals surface area contributed by atoms with Gasteiger partial charge in [-0.3, -0.25) is 0 Å². The highest BCUT2D eigenvalue weighted by Crippen LogP contribution is 2.33. The van der Waals surface area contributed by atoms with Crippen LogP contribution >= 0.6 is 11.8 Å². The minimum absolute atomic E-state index is 0.222. The first-order chi connectivity index (χ1) is 8.27. The van der Waals surface area contributed by atoms with Gasteiger partial charge in [-0.2, -0.15) is 0 Å². The SMILES string of the molecule is CCC(C)c1nc(SC)c(C(C)(O)C(=O)O)n1C. The van der Waals surface area contributed by atoms with Gasteiger partial charge in [0.2, 0.25) is 5.60 Å². The highest BCUT2D eigenvalue weighted by atomic mass is 32.2. The Hall–Kier alpha value is -1.01. The number of aromatic nitrogens is 2. The van der Waals surface area contributed by atoms with E-state index in [-0.39, 0.29) is 5.92 Å². The number of imidazole rings is 1. The van der Waals surface area contributed by atoms with Crippen LogP contribution in [0.2, 0.25) is 0 Å². The minimum Gasteiger partial charge on any atom is -0.479 e. The number of thioether (sulfide) groups is 1. The van der Waals surface area contributed by atoms with Crippen molar-refractivity contribution >= 4 is 17.7 Å². The van der Waals surface area contributed by atoms with Crippen LogP contribution in [-0.4, -0.2) is 32.0 Å². The maximum Gasteiger partial charge on any atom is 0.341 e. The maximum absolute atomic E-state index is 11.2. The summed E-state index contributed by atoms with van der Waals surface area (Å²) in [6.45, 7) is 5.37. The molecule has 6 heteroatoms. The average molecular weight is 272 g/mol. The van der Waals surface area contributed by atoms with E-state index in [2.05, 4.69) is 4.98 Å². The Kier molecular flexibility index (Phi) is 4.45. The summed E-state index contributed by atoms with van der Waals surface area (Å²) in [5.74, 6) is -0.242. The van der Waals surface area contributed by atoms with Crippen molar-refractivity contribution in [3.8, 4) is 0 Å². The first-order valence-electron chi connectivity index (χ1n) is 5.84. The first kappa shape index (κ1) is 15.0. The van der Waals surface area contributed by atoms with Crippen LogP contribution in [0.5, 0.6) is 0 Å². The van der Waals surface area contributed by atoms with Crippen molar-refractivity contribution in [1.82, 2.24) is 9.55 Å².